The third-order valence-electron chi connectivity index (χ3n) is 3.66. The van der Waals surface area contributed by atoms with E-state index in [1.165, 1.54) is 0 Å². The Morgan fingerprint density at radius 2 is 1.62 bits per heavy atom. The molecular formula is C19H32O5. The fourth-order valence-electron chi connectivity index (χ4n) is 2.51. The summed E-state index contributed by atoms with van der Waals surface area (Å²) in [5, 5.41) is 9.73. The van der Waals surface area contributed by atoms with Crippen LogP contribution in [0, 0.1) is 6.92 Å². The first-order valence-electron chi connectivity index (χ1n) is 8.89. The summed E-state index contributed by atoms with van der Waals surface area (Å²) in [6, 6.07) is 3.46. The fourth-order valence-corrected chi connectivity index (χ4v) is 2.51. The molecule has 5 heteroatoms. The Kier molecular flexibility index (Phi) is 9.76. The Bertz CT molecular complexity index is 469. The second kappa shape index (κ2) is 11.3. The van der Waals surface area contributed by atoms with E-state index in [1.807, 2.05) is 34.6 Å². The molecule has 0 spiro atoms. The maximum atomic E-state index is 9.73. The van der Waals surface area contributed by atoms with E-state index in [2.05, 4.69) is 0 Å². The summed E-state index contributed by atoms with van der Waals surface area (Å²) < 4.78 is 22.9. The predicted molar refractivity (Wildman–Crippen MR) is 94.5 cm³/mol. The lowest BCUT2D eigenvalue weighted by Crippen LogP contribution is -2.25. The van der Waals surface area contributed by atoms with Crippen molar-refractivity contribution in [2.45, 2.75) is 66.5 Å². The van der Waals surface area contributed by atoms with Crippen molar-refractivity contribution < 1.29 is 24.1 Å². The standard InChI is InChI=1S/C19H32O5/c1-6-15-13-16(20)12-14(5)19(15)24-17(7-2)23-11-10-18(21-8-3)22-9-4/h12-13,17-18,20H,6-11H2,1-5H3. The van der Waals surface area contributed by atoms with Gasteiger partial charge in [0.1, 0.15) is 11.5 Å². The van der Waals surface area contributed by atoms with Crippen molar-refractivity contribution in [1.82, 2.24) is 0 Å². The molecule has 1 N–H and O–H groups in total. The third-order valence-corrected chi connectivity index (χ3v) is 3.66. The highest BCUT2D eigenvalue weighted by Crippen LogP contribution is 2.30. The number of ether oxygens (including phenoxy) is 4. The van der Waals surface area contributed by atoms with E-state index in [0.717, 1.165) is 29.7 Å². The van der Waals surface area contributed by atoms with Crippen LogP contribution in [0.4, 0.5) is 0 Å². The van der Waals surface area contributed by atoms with Crippen molar-refractivity contribution in [3.8, 4) is 11.5 Å². The van der Waals surface area contributed by atoms with E-state index >= 15 is 0 Å². The average molecular weight is 340 g/mol. The Balaban J connectivity index is 2.62. The molecule has 0 aliphatic heterocycles. The van der Waals surface area contributed by atoms with E-state index in [-0.39, 0.29) is 18.3 Å². The molecule has 0 aliphatic rings. The van der Waals surface area contributed by atoms with Crippen LogP contribution < -0.4 is 4.74 Å². The van der Waals surface area contributed by atoms with Gasteiger partial charge in [-0.3, -0.25) is 0 Å². The van der Waals surface area contributed by atoms with Crippen LogP contribution in [0.1, 0.15) is 51.7 Å². The highest BCUT2D eigenvalue weighted by molar-refractivity contribution is 5.46. The van der Waals surface area contributed by atoms with Crippen molar-refractivity contribution in [3.05, 3.63) is 23.3 Å². The van der Waals surface area contributed by atoms with Gasteiger partial charge in [0, 0.05) is 26.1 Å². The summed E-state index contributed by atoms with van der Waals surface area (Å²) in [7, 11) is 0. The Morgan fingerprint density at radius 3 is 2.17 bits per heavy atom. The minimum Gasteiger partial charge on any atom is -0.508 e. The summed E-state index contributed by atoms with van der Waals surface area (Å²) in [6.07, 6.45) is 1.62. The second-order valence-electron chi connectivity index (χ2n) is 5.56. The molecular weight excluding hydrogens is 308 g/mol. The van der Waals surface area contributed by atoms with Gasteiger partial charge in [-0.25, -0.2) is 0 Å². The topological polar surface area (TPSA) is 57.2 Å². The van der Waals surface area contributed by atoms with Crippen molar-refractivity contribution >= 4 is 0 Å². The zero-order valence-electron chi connectivity index (χ0n) is 15.6. The van der Waals surface area contributed by atoms with Gasteiger partial charge in [0.05, 0.1) is 6.61 Å². The summed E-state index contributed by atoms with van der Waals surface area (Å²) >= 11 is 0. The number of benzene rings is 1. The number of aryl methyl sites for hydroxylation is 2. The van der Waals surface area contributed by atoms with Crippen LogP contribution in [0.25, 0.3) is 0 Å². The lowest BCUT2D eigenvalue weighted by molar-refractivity contribution is -0.160. The molecule has 0 aromatic heterocycles. The van der Waals surface area contributed by atoms with E-state index in [9.17, 15) is 5.11 Å². The zero-order chi connectivity index (χ0) is 17.9. The van der Waals surface area contributed by atoms with Crippen LogP contribution in [0.2, 0.25) is 0 Å². The second-order valence-corrected chi connectivity index (χ2v) is 5.56. The van der Waals surface area contributed by atoms with Crippen molar-refractivity contribution in [2.75, 3.05) is 19.8 Å². The van der Waals surface area contributed by atoms with Crippen LogP contribution in [0.5, 0.6) is 11.5 Å². The molecule has 1 rings (SSSR count). The molecule has 24 heavy (non-hydrogen) atoms. The van der Waals surface area contributed by atoms with Gasteiger partial charge in [-0.15, -0.1) is 0 Å². The number of hydrogen-bond acceptors (Lipinski definition) is 5. The number of phenols is 1. The molecule has 1 aromatic carbocycles. The molecule has 0 aliphatic carbocycles. The average Bonchev–Trinajstić information content (AvgIpc) is 2.55. The van der Waals surface area contributed by atoms with Gasteiger partial charge < -0.3 is 24.1 Å². The van der Waals surface area contributed by atoms with Gasteiger partial charge in [-0.2, -0.15) is 0 Å². The molecule has 0 radical (unpaired) electrons. The molecule has 0 bridgehead atoms. The number of phenolic OH excluding ortho intramolecular Hbond substituents is 1. The number of aromatic hydroxyl groups is 1. The molecule has 0 saturated carbocycles. The molecule has 1 aromatic rings. The first-order chi connectivity index (χ1) is 11.5. The normalized spacial score (nSPS) is 12.6. The Morgan fingerprint density at radius 1 is 0.958 bits per heavy atom. The predicted octanol–water partition coefficient (Wildman–Crippen LogP) is 4.18. The maximum Gasteiger partial charge on any atom is 0.199 e. The molecule has 1 unspecified atom stereocenters. The smallest absolute Gasteiger partial charge is 0.199 e. The lowest BCUT2D eigenvalue weighted by Gasteiger charge is -2.23. The number of rotatable bonds is 12. The molecule has 0 heterocycles. The fraction of sp³-hybridized carbons (Fsp3) is 0.684. The van der Waals surface area contributed by atoms with Gasteiger partial charge in [0.2, 0.25) is 0 Å². The lowest BCUT2D eigenvalue weighted by atomic mass is 10.1. The van der Waals surface area contributed by atoms with Crippen molar-refractivity contribution in [2.24, 2.45) is 0 Å². The van der Waals surface area contributed by atoms with Gasteiger partial charge in [0.15, 0.2) is 12.6 Å². The monoisotopic (exact) mass is 340 g/mol. The van der Waals surface area contributed by atoms with E-state index in [1.54, 1.807) is 12.1 Å². The van der Waals surface area contributed by atoms with Crippen LogP contribution >= 0.6 is 0 Å². The minimum absolute atomic E-state index is 0.237. The highest BCUT2D eigenvalue weighted by Gasteiger charge is 2.16. The molecule has 5 nitrogen and oxygen atoms in total. The largest absolute Gasteiger partial charge is 0.508 e. The summed E-state index contributed by atoms with van der Waals surface area (Å²) in [6.45, 7) is 11.6. The van der Waals surface area contributed by atoms with Gasteiger partial charge in [-0.05, 0) is 50.5 Å². The highest BCUT2D eigenvalue weighted by atomic mass is 16.7. The molecule has 1 atom stereocenters. The summed E-state index contributed by atoms with van der Waals surface area (Å²) in [4.78, 5) is 0. The van der Waals surface area contributed by atoms with Crippen LogP contribution in [-0.2, 0) is 20.6 Å². The summed E-state index contributed by atoms with van der Waals surface area (Å²) in [5.74, 6) is 1.07. The minimum atomic E-state index is -0.331. The van der Waals surface area contributed by atoms with Crippen molar-refractivity contribution in [1.29, 1.82) is 0 Å². The van der Waals surface area contributed by atoms with Gasteiger partial charge in [0.25, 0.3) is 0 Å². The van der Waals surface area contributed by atoms with Crippen LogP contribution in [-0.4, -0.2) is 37.5 Å². The Labute approximate surface area is 145 Å². The van der Waals surface area contributed by atoms with E-state index in [0.29, 0.717) is 26.2 Å². The third kappa shape index (κ3) is 6.67. The zero-order valence-corrected chi connectivity index (χ0v) is 15.6. The molecule has 0 saturated heterocycles. The SMILES string of the molecule is CCOC(CCOC(CC)Oc1c(C)cc(O)cc1CC)OCC. The first-order valence-corrected chi connectivity index (χ1v) is 8.89. The van der Waals surface area contributed by atoms with Gasteiger partial charge >= 0.3 is 0 Å². The van der Waals surface area contributed by atoms with Crippen LogP contribution in [0.3, 0.4) is 0 Å². The maximum absolute atomic E-state index is 9.73. The molecule has 0 fully saturated rings. The molecule has 0 amide bonds. The summed E-state index contributed by atoms with van der Waals surface area (Å²) in [5.41, 5.74) is 1.89. The first kappa shape index (κ1) is 20.7. The molecule has 138 valence electrons. The van der Waals surface area contributed by atoms with Crippen molar-refractivity contribution in [3.63, 3.8) is 0 Å². The quantitative estimate of drug-likeness (QED) is 0.578. The van der Waals surface area contributed by atoms with Crippen LogP contribution in [0.15, 0.2) is 12.1 Å². The van der Waals surface area contributed by atoms with Gasteiger partial charge in [-0.1, -0.05) is 13.8 Å². The van der Waals surface area contributed by atoms with E-state index in [4.69, 9.17) is 18.9 Å². The Hall–Kier alpha value is -1.30. The van der Waals surface area contributed by atoms with E-state index < -0.39 is 0 Å². The number of hydrogen-bond donors (Lipinski definition) is 1.